The number of likely N-dealkylation sites (tertiary alicyclic amines) is 1. The van der Waals surface area contributed by atoms with Crippen LogP contribution in [0, 0.1) is 5.82 Å². The van der Waals surface area contributed by atoms with Crippen molar-refractivity contribution in [1.82, 2.24) is 19.9 Å². The van der Waals surface area contributed by atoms with E-state index in [1.807, 2.05) is 0 Å². The van der Waals surface area contributed by atoms with E-state index in [0.717, 1.165) is 12.1 Å². The number of carbonyl (C=O) groups is 1. The topological polar surface area (TPSA) is 63.1 Å². The molecule has 2 aromatic carbocycles. The lowest BCUT2D eigenvalue weighted by Gasteiger charge is -2.32. The Morgan fingerprint density at radius 1 is 1.10 bits per heavy atom. The van der Waals surface area contributed by atoms with Crippen LogP contribution in [0.15, 0.2) is 42.5 Å². The van der Waals surface area contributed by atoms with Crippen LogP contribution in [0.3, 0.4) is 0 Å². The lowest BCUT2D eigenvalue weighted by atomic mass is 10.1. The Morgan fingerprint density at radius 2 is 1.86 bits per heavy atom. The monoisotopic (exact) mass is 407 g/mol. The molecule has 0 radical (unpaired) electrons. The van der Waals surface area contributed by atoms with Gasteiger partial charge in [-0.05, 0) is 49.2 Å². The van der Waals surface area contributed by atoms with Crippen LogP contribution in [0.25, 0.3) is 11.0 Å². The lowest BCUT2D eigenvalue weighted by molar-refractivity contribution is -0.137. The van der Waals surface area contributed by atoms with E-state index < -0.39 is 17.6 Å². The number of nitrogens with one attached hydrogen (secondary N) is 1. The average Bonchev–Trinajstić information content (AvgIpc) is 3.11. The molecular formula is C19H17F4N5O. The number of rotatable bonds is 2. The summed E-state index contributed by atoms with van der Waals surface area (Å²) in [5.41, 5.74) is 0.326. The van der Waals surface area contributed by atoms with Gasteiger partial charge in [0.15, 0.2) is 0 Å². The van der Waals surface area contributed by atoms with Crippen LogP contribution < -0.4 is 5.32 Å². The fraction of sp³-hybridized carbons (Fsp3) is 0.316. The van der Waals surface area contributed by atoms with Gasteiger partial charge in [-0.3, -0.25) is 0 Å². The standard InChI is InChI=1S/C19H17F4N5O/c20-13-2-1-3-14(11-13)24-18(29)27-8-6-15(7-9-27)28-17-5-4-12(19(21,22)23)10-16(17)25-26-28/h1-5,10-11,15H,6-9H2,(H,24,29). The molecule has 0 unspecified atom stereocenters. The predicted molar refractivity (Wildman–Crippen MR) is 97.8 cm³/mol. The summed E-state index contributed by atoms with van der Waals surface area (Å²) >= 11 is 0. The highest BCUT2D eigenvalue weighted by Crippen LogP contribution is 2.32. The first-order chi connectivity index (χ1) is 13.8. The zero-order chi connectivity index (χ0) is 20.6. The normalized spacial score (nSPS) is 15.7. The minimum atomic E-state index is -4.43. The van der Waals surface area contributed by atoms with E-state index in [-0.39, 0.29) is 17.6 Å². The number of benzene rings is 2. The second kappa shape index (κ2) is 7.34. The summed E-state index contributed by atoms with van der Waals surface area (Å²) in [6.07, 6.45) is -3.27. The molecule has 1 aliphatic heterocycles. The Morgan fingerprint density at radius 3 is 2.55 bits per heavy atom. The molecule has 0 saturated carbocycles. The Kier molecular flexibility index (Phi) is 4.85. The van der Waals surface area contributed by atoms with Gasteiger partial charge in [0.1, 0.15) is 11.3 Å². The second-order valence-electron chi connectivity index (χ2n) is 6.89. The molecule has 0 spiro atoms. The van der Waals surface area contributed by atoms with Crippen molar-refractivity contribution in [1.29, 1.82) is 0 Å². The van der Waals surface area contributed by atoms with Crippen molar-refractivity contribution >= 4 is 22.8 Å². The molecule has 4 rings (SSSR count). The molecular weight excluding hydrogens is 390 g/mol. The van der Waals surface area contributed by atoms with Crippen LogP contribution in [0.1, 0.15) is 24.4 Å². The molecule has 10 heteroatoms. The second-order valence-corrected chi connectivity index (χ2v) is 6.89. The van der Waals surface area contributed by atoms with Crippen molar-refractivity contribution < 1.29 is 22.4 Å². The molecule has 1 aromatic heterocycles. The molecule has 152 valence electrons. The van der Waals surface area contributed by atoms with Crippen molar-refractivity contribution in [3.05, 3.63) is 53.8 Å². The van der Waals surface area contributed by atoms with E-state index >= 15 is 0 Å². The zero-order valence-corrected chi connectivity index (χ0v) is 15.2. The number of alkyl halides is 3. The molecule has 0 aliphatic carbocycles. The Hall–Kier alpha value is -3.17. The molecule has 1 saturated heterocycles. The molecule has 0 bridgehead atoms. The molecule has 2 amide bonds. The maximum atomic E-state index is 13.2. The van der Waals surface area contributed by atoms with Gasteiger partial charge in [-0.25, -0.2) is 13.9 Å². The van der Waals surface area contributed by atoms with Crippen LogP contribution in [-0.2, 0) is 6.18 Å². The fourth-order valence-electron chi connectivity index (χ4n) is 3.47. The summed E-state index contributed by atoms with van der Waals surface area (Å²) in [4.78, 5) is 14.0. The Bertz CT molecular complexity index is 1040. The van der Waals surface area contributed by atoms with E-state index in [4.69, 9.17) is 0 Å². The Balaban J connectivity index is 1.42. The van der Waals surface area contributed by atoms with Crippen molar-refractivity contribution in [2.24, 2.45) is 0 Å². The molecule has 29 heavy (non-hydrogen) atoms. The number of hydrogen-bond donors (Lipinski definition) is 1. The van der Waals surface area contributed by atoms with Crippen LogP contribution >= 0.6 is 0 Å². The third kappa shape index (κ3) is 4.01. The summed E-state index contributed by atoms with van der Waals surface area (Å²) < 4.78 is 53.4. The minimum absolute atomic E-state index is 0.0741. The van der Waals surface area contributed by atoms with Gasteiger partial charge in [0, 0.05) is 18.8 Å². The van der Waals surface area contributed by atoms with E-state index in [9.17, 15) is 22.4 Å². The lowest BCUT2D eigenvalue weighted by Crippen LogP contribution is -2.41. The highest BCUT2D eigenvalue weighted by atomic mass is 19.4. The molecule has 3 aromatic rings. The van der Waals surface area contributed by atoms with Crippen LogP contribution in [0.4, 0.5) is 28.0 Å². The number of halogens is 4. The number of piperidine rings is 1. The maximum absolute atomic E-state index is 13.2. The smallest absolute Gasteiger partial charge is 0.324 e. The first-order valence-corrected chi connectivity index (χ1v) is 9.05. The van der Waals surface area contributed by atoms with Crippen LogP contribution in [0.5, 0.6) is 0 Å². The quantitative estimate of drug-likeness (QED) is 0.638. The van der Waals surface area contributed by atoms with Crippen LogP contribution in [0.2, 0.25) is 0 Å². The van der Waals surface area contributed by atoms with E-state index in [0.29, 0.717) is 37.1 Å². The van der Waals surface area contributed by atoms with E-state index in [2.05, 4.69) is 15.6 Å². The predicted octanol–water partition coefficient (Wildman–Crippen LogP) is 4.46. The number of carbonyl (C=O) groups excluding carboxylic acids is 1. The summed E-state index contributed by atoms with van der Waals surface area (Å²) in [5, 5.41) is 10.6. The number of nitrogens with zero attached hydrogens (tertiary/aromatic N) is 4. The molecule has 6 nitrogen and oxygen atoms in total. The van der Waals surface area contributed by atoms with Gasteiger partial charge >= 0.3 is 12.2 Å². The number of amides is 2. The van der Waals surface area contributed by atoms with Gasteiger partial charge in [-0.2, -0.15) is 13.2 Å². The molecule has 2 heterocycles. The van der Waals surface area contributed by atoms with Crippen LogP contribution in [-0.4, -0.2) is 39.0 Å². The number of anilines is 1. The van der Waals surface area contributed by atoms with Gasteiger partial charge < -0.3 is 10.2 Å². The number of urea groups is 1. The fourth-order valence-corrected chi connectivity index (χ4v) is 3.47. The van der Waals surface area contributed by atoms with Gasteiger partial charge in [0.2, 0.25) is 0 Å². The van der Waals surface area contributed by atoms with E-state index in [1.54, 1.807) is 15.6 Å². The number of fused-ring (bicyclic) bond motifs is 1. The molecule has 0 atom stereocenters. The molecule has 1 aliphatic rings. The zero-order valence-electron chi connectivity index (χ0n) is 15.2. The highest BCUT2D eigenvalue weighted by Gasteiger charge is 2.31. The van der Waals surface area contributed by atoms with Crippen molar-refractivity contribution in [3.63, 3.8) is 0 Å². The summed E-state index contributed by atoms with van der Waals surface area (Å²) in [5.74, 6) is -0.437. The highest BCUT2D eigenvalue weighted by molar-refractivity contribution is 5.89. The average molecular weight is 407 g/mol. The van der Waals surface area contributed by atoms with Gasteiger partial charge in [0.25, 0.3) is 0 Å². The third-order valence-electron chi connectivity index (χ3n) is 4.97. The molecule has 1 N–H and O–H groups in total. The van der Waals surface area contributed by atoms with Gasteiger partial charge in [0.05, 0.1) is 17.1 Å². The number of aromatic nitrogens is 3. The SMILES string of the molecule is O=C(Nc1cccc(F)c1)N1CCC(n2nnc3cc(C(F)(F)F)ccc32)CC1. The Labute approximate surface area is 163 Å². The maximum Gasteiger partial charge on any atom is 0.416 e. The summed E-state index contributed by atoms with van der Waals surface area (Å²) in [7, 11) is 0. The first kappa shape index (κ1) is 19.2. The van der Waals surface area contributed by atoms with Gasteiger partial charge in [-0.1, -0.05) is 11.3 Å². The first-order valence-electron chi connectivity index (χ1n) is 9.05. The minimum Gasteiger partial charge on any atom is -0.324 e. The van der Waals surface area contributed by atoms with E-state index in [1.165, 1.54) is 24.3 Å². The van der Waals surface area contributed by atoms with Gasteiger partial charge in [-0.15, -0.1) is 5.10 Å². The third-order valence-corrected chi connectivity index (χ3v) is 4.97. The summed E-state index contributed by atoms with van der Waals surface area (Å²) in [6.45, 7) is 0.877. The van der Waals surface area contributed by atoms with Crippen molar-refractivity contribution in [2.45, 2.75) is 25.1 Å². The van der Waals surface area contributed by atoms with Crippen molar-refractivity contribution in [2.75, 3.05) is 18.4 Å². The largest absolute Gasteiger partial charge is 0.416 e. The number of hydrogen-bond acceptors (Lipinski definition) is 3. The summed E-state index contributed by atoms with van der Waals surface area (Å²) in [6, 6.07) is 8.62. The molecule has 1 fully saturated rings. The van der Waals surface area contributed by atoms with Crippen molar-refractivity contribution in [3.8, 4) is 0 Å².